The van der Waals surface area contributed by atoms with Gasteiger partial charge in [0.05, 0.1) is 0 Å². The maximum Gasteiger partial charge on any atom is 0.255 e. The zero-order chi connectivity index (χ0) is 18.6. The fraction of sp³-hybridized carbons (Fsp3) is 0.391. The van der Waals surface area contributed by atoms with Crippen LogP contribution in [0.5, 0.6) is 0 Å². The Labute approximate surface area is 160 Å². The number of amides is 2. The smallest absolute Gasteiger partial charge is 0.255 e. The molecule has 0 radical (unpaired) electrons. The Balaban J connectivity index is 1.62. The van der Waals surface area contributed by atoms with E-state index >= 15 is 0 Å². The van der Waals surface area contributed by atoms with Crippen LogP contribution < -0.4 is 0 Å². The van der Waals surface area contributed by atoms with Crippen LogP contribution in [-0.2, 0) is 17.8 Å². The Hall–Kier alpha value is -2.62. The molecule has 0 bridgehead atoms. The van der Waals surface area contributed by atoms with Crippen molar-refractivity contribution in [2.45, 2.75) is 44.7 Å². The average molecular weight is 362 g/mol. The van der Waals surface area contributed by atoms with Crippen LogP contribution in [0.1, 0.15) is 47.2 Å². The average Bonchev–Trinajstić information content (AvgIpc) is 2.88. The maximum absolute atomic E-state index is 13.5. The summed E-state index contributed by atoms with van der Waals surface area (Å²) in [7, 11) is 0. The lowest BCUT2D eigenvalue weighted by Crippen LogP contribution is -2.50. The summed E-state index contributed by atoms with van der Waals surface area (Å²) in [6, 6.07) is 17.3. The summed E-state index contributed by atoms with van der Waals surface area (Å²) in [4.78, 5) is 30.3. The molecule has 0 spiro atoms. The van der Waals surface area contributed by atoms with E-state index in [2.05, 4.69) is 0 Å². The van der Waals surface area contributed by atoms with Crippen LogP contribution in [0.25, 0.3) is 0 Å². The minimum atomic E-state index is -0.439. The summed E-state index contributed by atoms with van der Waals surface area (Å²) in [5.74, 6) is 0.0802. The van der Waals surface area contributed by atoms with E-state index in [0.717, 1.165) is 42.6 Å². The number of hydrogen-bond acceptors (Lipinski definition) is 2. The van der Waals surface area contributed by atoms with Gasteiger partial charge in [-0.3, -0.25) is 9.59 Å². The van der Waals surface area contributed by atoms with Gasteiger partial charge in [0.25, 0.3) is 5.91 Å². The molecule has 1 fully saturated rings. The van der Waals surface area contributed by atoms with Crippen LogP contribution in [0, 0.1) is 0 Å². The number of likely N-dealkylation sites (tertiary alicyclic amines) is 1. The Kier molecular flexibility index (Phi) is 5.23. The molecule has 0 N–H and O–H groups in total. The van der Waals surface area contributed by atoms with Crippen LogP contribution in [-0.4, -0.2) is 40.7 Å². The number of carbonyl (C=O) groups is 2. The predicted octanol–water partition coefficient (Wildman–Crippen LogP) is 3.66. The van der Waals surface area contributed by atoms with Crippen molar-refractivity contribution in [3.05, 3.63) is 71.3 Å². The highest BCUT2D eigenvalue weighted by molar-refractivity contribution is 6.01. The lowest BCUT2D eigenvalue weighted by molar-refractivity contribution is -0.136. The number of nitrogens with zero attached hydrogens (tertiary/aromatic N) is 2. The second-order valence-electron chi connectivity index (χ2n) is 7.54. The van der Waals surface area contributed by atoms with Crippen LogP contribution >= 0.6 is 0 Å². The summed E-state index contributed by atoms with van der Waals surface area (Å²) in [6.45, 7) is 2.13. The number of carbonyl (C=O) groups excluding carboxylic acids is 2. The van der Waals surface area contributed by atoms with Crippen molar-refractivity contribution in [3.63, 3.8) is 0 Å². The lowest BCUT2D eigenvalue weighted by Gasteiger charge is -2.32. The van der Waals surface area contributed by atoms with Crippen molar-refractivity contribution in [2.75, 3.05) is 13.1 Å². The second kappa shape index (κ2) is 7.95. The van der Waals surface area contributed by atoms with Gasteiger partial charge < -0.3 is 9.80 Å². The minimum absolute atomic E-state index is 0.0188. The van der Waals surface area contributed by atoms with Gasteiger partial charge in [-0.05, 0) is 30.0 Å². The zero-order valence-electron chi connectivity index (χ0n) is 15.6. The van der Waals surface area contributed by atoms with Gasteiger partial charge in [0.15, 0.2) is 0 Å². The Morgan fingerprint density at radius 1 is 0.889 bits per heavy atom. The van der Waals surface area contributed by atoms with Gasteiger partial charge >= 0.3 is 0 Å². The summed E-state index contributed by atoms with van der Waals surface area (Å²) < 4.78 is 0. The third-order valence-corrected chi connectivity index (χ3v) is 5.70. The zero-order valence-corrected chi connectivity index (χ0v) is 15.6. The van der Waals surface area contributed by atoms with Gasteiger partial charge in [-0.2, -0.15) is 0 Å². The fourth-order valence-corrected chi connectivity index (χ4v) is 4.20. The van der Waals surface area contributed by atoms with Gasteiger partial charge in [-0.15, -0.1) is 0 Å². The predicted molar refractivity (Wildman–Crippen MR) is 105 cm³/mol. The standard InChI is InChI=1S/C23H26N2O2/c26-22-20-13-7-6-12-19(20)17-25(22)21(16-18-10-4-3-5-11-18)23(27)24-14-8-1-2-9-15-24/h3-7,10-13,21H,1-2,8-9,14-17H2/t21-/m0/s1. The molecule has 4 heteroatoms. The molecule has 0 unspecified atom stereocenters. The van der Waals surface area contributed by atoms with Gasteiger partial charge in [-0.25, -0.2) is 0 Å². The molecule has 2 aliphatic heterocycles. The van der Waals surface area contributed by atoms with Gasteiger partial charge in [0, 0.05) is 31.6 Å². The van der Waals surface area contributed by atoms with Crippen LogP contribution in [0.3, 0.4) is 0 Å². The first-order valence-corrected chi connectivity index (χ1v) is 9.95. The second-order valence-corrected chi connectivity index (χ2v) is 7.54. The fourth-order valence-electron chi connectivity index (χ4n) is 4.20. The summed E-state index contributed by atoms with van der Waals surface area (Å²) in [5, 5.41) is 0. The molecule has 4 rings (SSSR count). The normalized spacial score (nSPS) is 18.1. The SMILES string of the molecule is O=C([C@H](Cc1ccccc1)N1Cc2ccccc2C1=O)N1CCCCCC1. The highest BCUT2D eigenvalue weighted by Gasteiger charge is 2.38. The minimum Gasteiger partial charge on any atom is -0.341 e. The van der Waals surface area contributed by atoms with Crippen LogP contribution in [0.2, 0.25) is 0 Å². The van der Waals surface area contributed by atoms with Gasteiger partial charge in [-0.1, -0.05) is 61.4 Å². The molecule has 2 aromatic rings. The largest absolute Gasteiger partial charge is 0.341 e. The van der Waals surface area contributed by atoms with Crippen molar-refractivity contribution in [1.29, 1.82) is 0 Å². The molecule has 1 saturated heterocycles. The molecule has 1 atom stereocenters. The highest BCUT2D eigenvalue weighted by atomic mass is 16.2. The van der Waals surface area contributed by atoms with Gasteiger partial charge in [0.2, 0.25) is 5.91 Å². The van der Waals surface area contributed by atoms with Crippen molar-refractivity contribution in [1.82, 2.24) is 9.80 Å². The van der Waals surface area contributed by atoms with E-state index in [-0.39, 0.29) is 11.8 Å². The lowest BCUT2D eigenvalue weighted by atomic mass is 10.0. The van der Waals surface area contributed by atoms with Crippen LogP contribution in [0.15, 0.2) is 54.6 Å². The number of rotatable bonds is 4. The van der Waals surface area contributed by atoms with Crippen molar-refractivity contribution >= 4 is 11.8 Å². The van der Waals surface area contributed by atoms with Crippen LogP contribution in [0.4, 0.5) is 0 Å². The van der Waals surface area contributed by atoms with E-state index in [1.54, 1.807) is 4.90 Å². The first kappa shape index (κ1) is 17.8. The maximum atomic E-state index is 13.5. The summed E-state index contributed by atoms with van der Waals surface area (Å²) in [5.41, 5.74) is 2.85. The van der Waals surface area contributed by atoms with E-state index in [1.165, 1.54) is 12.8 Å². The number of hydrogen-bond donors (Lipinski definition) is 0. The van der Waals surface area contributed by atoms with E-state index in [1.807, 2.05) is 59.5 Å². The van der Waals surface area contributed by atoms with Crippen molar-refractivity contribution in [3.8, 4) is 0 Å². The van der Waals surface area contributed by atoms with E-state index < -0.39 is 6.04 Å². The molecular formula is C23H26N2O2. The quantitative estimate of drug-likeness (QED) is 0.833. The Bertz CT molecular complexity index is 810. The highest BCUT2D eigenvalue weighted by Crippen LogP contribution is 2.27. The summed E-state index contributed by atoms with van der Waals surface area (Å²) >= 11 is 0. The third-order valence-electron chi connectivity index (χ3n) is 5.70. The topological polar surface area (TPSA) is 40.6 Å². The molecule has 2 aliphatic rings. The third kappa shape index (κ3) is 3.75. The molecule has 4 nitrogen and oxygen atoms in total. The molecule has 0 aliphatic carbocycles. The molecule has 27 heavy (non-hydrogen) atoms. The van der Waals surface area contributed by atoms with Gasteiger partial charge in [0.1, 0.15) is 6.04 Å². The first-order chi connectivity index (χ1) is 13.2. The van der Waals surface area contributed by atoms with Crippen molar-refractivity contribution < 1.29 is 9.59 Å². The molecule has 0 saturated carbocycles. The molecule has 140 valence electrons. The summed E-state index contributed by atoms with van der Waals surface area (Å²) in [6.07, 6.45) is 5.04. The first-order valence-electron chi connectivity index (χ1n) is 9.95. The Morgan fingerprint density at radius 3 is 2.26 bits per heavy atom. The molecule has 2 heterocycles. The molecule has 2 aromatic carbocycles. The number of benzene rings is 2. The van der Waals surface area contributed by atoms with E-state index in [4.69, 9.17) is 0 Å². The van der Waals surface area contributed by atoms with E-state index in [9.17, 15) is 9.59 Å². The van der Waals surface area contributed by atoms with E-state index in [0.29, 0.717) is 13.0 Å². The molecule has 2 amide bonds. The molecular weight excluding hydrogens is 336 g/mol. The number of fused-ring (bicyclic) bond motifs is 1. The van der Waals surface area contributed by atoms with Crippen molar-refractivity contribution in [2.24, 2.45) is 0 Å². The Morgan fingerprint density at radius 2 is 1.56 bits per heavy atom. The molecule has 0 aromatic heterocycles. The monoisotopic (exact) mass is 362 g/mol.